The van der Waals surface area contributed by atoms with Crippen LogP contribution in [0.5, 0.6) is 0 Å². The molecule has 3 aromatic rings. The molecular weight excluding hydrogens is 383 g/mol. The average Bonchev–Trinajstić information content (AvgIpc) is 3.16. The molecule has 0 spiro atoms. The second kappa shape index (κ2) is 8.10. The van der Waals surface area contributed by atoms with Crippen molar-refractivity contribution in [3.8, 4) is 0 Å². The third-order valence-corrected chi connectivity index (χ3v) is 5.14. The van der Waals surface area contributed by atoms with Crippen LogP contribution in [-0.2, 0) is 4.79 Å². The number of piperidine rings is 1. The van der Waals surface area contributed by atoms with Crippen molar-refractivity contribution in [3.05, 3.63) is 48.2 Å². The number of benzene rings is 1. The molecular formula is C20H20F3N5O. The van der Waals surface area contributed by atoms with Gasteiger partial charge in [-0.3, -0.25) is 4.79 Å². The molecule has 1 aliphatic heterocycles. The average molecular weight is 403 g/mol. The second-order valence-electron chi connectivity index (χ2n) is 7.23. The molecule has 152 valence electrons. The zero-order valence-corrected chi connectivity index (χ0v) is 15.6. The normalized spacial score (nSPS) is 16.9. The monoisotopic (exact) mass is 403 g/mol. The molecule has 0 amide bonds. The number of rotatable bonds is 6. The minimum absolute atomic E-state index is 0.116. The molecule has 6 nitrogen and oxygen atoms in total. The molecule has 2 N–H and O–H groups in total. The van der Waals surface area contributed by atoms with Crippen molar-refractivity contribution < 1.29 is 18.0 Å². The summed E-state index contributed by atoms with van der Waals surface area (Å²) in [5.41, 5.74) is 0.279. The topological polar surface area (TPSA) is 73.9 Å². The van der Waals surface area contributed by atoms with E-state index < -0.39 is 23.1 Å². The Kier molecular flexibility index (Phi) is 5.37. The summed E-state index contributed by atoms with van der Waals surface area (Å²) in [7, 11) is 0. The number of fused-ring (bicyclic) bond motifs is 1. The van der Waals surface area contributed by atoms with Gasteiger partial charge in [-0.1, -0.05) is 0 Å². The van der Waals surface area contributed by atoms with E-state index in [1.54, 1.807) is 0 Å². The summed E-state index contributed by atoms with van der Waals surface area (Å²) in [6.07, 6.45) is 5.42. The van der Waals surface area contributed by atoms with Gasteiger partial charge in [0.2, 0.25) is 0 Å². The molecule has 1 aromatic carbocycles. The van der Waals surface area contributed by atoms with Crippen molar-refractivity contribution in [2.75, 3.05) is 29.9 Å². The summed E-state index contributed by atoms with van der Waals surface area (Å²) in [4.78, 5) is 26.2. The molecule has 9 heteroatoms. The number of carbonyl (C=O) groups is 1. The largest absolute Gasteiger partial charge is 0.373 e. The maximum absolute atomic E-state index is 13.7. The van der Waals surface area contributed by atoms with E-state index in [0.29, 0.717) is 18.7 Å². The number of hydrogen-bond acceptors (Lipinski definition) is 5. The first kappa shape index (κ1) is 19.2. The van der Waals surface area contributed by atoms with Gasteiger partial charge < -0.3 is 15.2 Å². The third kappa shape index (κ3) is 4.18. The van der Waals surface area contributed by atoms with Gasteiger partial charge in [0.15, 0.2) is 17.4 Å². The van der Waals surface area contributed by atoms with E-state index in [1.165, 1.54) is 6.33 Å². The molecule has 0 radical (unpaired) electrons. The first-order chi connectivity index (χ1) is 14.0. The number of carbonyl (C=O) groups excluding carboxylic acids is 1. The van der Waals surface area contributed by atoms with E-state index in [9.17, 15) is 18.0 Å². The number of hydrogen-bond donors (Lipinski definition) is 2. The van der Waals surface area contributed by atoms with Crippen LogP contribution >= 0.6 is 0 Å². The number of H-pyrrole nitrogens is 1. The van der Waals surface area contributed by atoms with Gasteiger partial charge in [0.1, 0.15) is 29.3 Å². The molecule has 3 heterocycles. The number of aromatic amines is 1. The Bertz CT molecular complexity index is 1010. The van der Waals surface area contributed by atoms with Crippen molar-refractivity contribution in [3.63, 3.8) is 0 Å². The first-order valence-electron chi connectivity index (χ1n) is 9.44. The minimum Gasteiger partial charge on any atom is -0.373 e. The molecule has 0 aliphatic carbocycles. The van der Waals surface area contributed by atoms with Crippen LogP contribution in [-0.4, -0.2) is 40.4 Å². The lowest BCUT2D eigenvalue weighted by Gasteiger charge is -2.33. The van der Waals surface area contributed by atoms with Gasteiger partial charge in [0, 0.05) is 37.8 Å². The number of nitrogens with zero attached hydrogens (tertiary/aromatic N) is 3. The Hall–Kier alpha value is -3.10. The Morgan fingerprint density at radius 2 is 2.03 bits per heavy atom. The lowest BCUT2D eigenvalue weighted by molar-refractivity contribution is -0.118. The second-order valence-corrected chi connectivity index (χ2v) is 7.23. The first-order valence-corrected chi connectivity index (χ1v) is 9.44. The highest BCUT2D eigenvalue weighted by atomic mass is 19.1. The molecule has 1 atom stereocenters. The standard InChI is InChI=1S/C20H20F3N5O/c21-13-7-16(22)18(17(23)8-13)25-9-14(29)6-12-2-1-5-28(10-12)20-15-3-4-24-19(15)26-11-27-20/h3-4,7-8,11-12,25H,1-2,5-6,9-10H2,(H,24,26,27)/t12-/m0/s1. The molecule has 1 saturated heterocycles. The zero-order chi connectivity index (χ0) is 20.4. The SMILES string of the molecule is O=C(CNc1c(F)cc(F)cc1F)C[C@@H]1CCCN(c2ncnc3[nH]ccc23)C1. The maximum Gasteiger partial charge on any atom is 0.152 e. The highest BCUT2D eigenvalue weighted by Gasteiger charge is 2.24. The van der Waals surface area contributed by atoms with Crippen molar-refractivity contribution in [2.45, 2.75) is 19.3 Å². The Balaban J connectivity index is 1.37. The Morgan fingerprint density at radius 3 is 2.83 bits per heavy atom. The fourth-order valence-corrected chi connectivity index (χ4v) is 3.83. The molecule has 0 saturated carbocycles. The van der Waals surface area contributed by atoms with E-state index in [2.05, 4.69) is 25.2 Å². The summed E-state index contributed by atoms with van der Waals surface area (Å²) in [6, 6.07) is 3.09. The Morgan fingerprint density at radius 1 is 1.24 bits per heavy atom. The van der Waals surface area contributed by atoms with Gasteiger partial charge in [-0.2, -0.15) is 0 Å². The predicted octanol–water partition coefficient (Wildman–Crippen LogP) is 3.66. The molecule has 0 bridgehead atoms. The molecule has 2 aromatic heterocycles. The number of halogens is 3. The molecule has 29 heavy (non-hydrogen) atoms. The van der Waals surface area contributed by atoms with Gasteiger partial charge in [-0.15, -0.1) is 0 Å². The van der Waals surface area contributed by atoms with Gasteiger partial charge in [-0.05, 0) is 24.8 Å². The van der Waals surface area contributed by atoms with Crippen LogP contribution in [0.1, 0.15) is 19.3 Å². The van der Waals surface area contributed by atoms with E-state index in [1.807, 2.05) is 12.3 Å². The van der Waals surface area contributed by atoms with Crippen molar-refractivity contribution in [1.82, 2.24) is 15.0 Å². The lowest BCUT2D eigenvalue weighted by Crippen LogP contribution is -2.37. The van der Waals surface area contributed by atoms with E-state index in [-0.39, 0.29) is 24.7 Å². The number of aromatic nitrogens is 3. The molecule has 1 fully saturated rings. The molecule has 4 rings (SSSR count). The van der Waals surface area contributed by atoms with E-state index in [4.69, 9.17) is 0 Å². The van der Waals surface area contributed by atoms with Crippen LogP contribution in [0, 0.1) is 23.4 Å². The van der Waals surface area contributed by atoms with Crippen LogP contribution in [0.4, 0.5) is 24.7 Å². The van der Waals surface area contributed by atoms with E-state index >= 15 is 0 Å². The smallest absolute Gasteiger partial charge is 0.152 e. The fraction of sp³-hybridized carbons (Fsp3) is 0.350. The van der Waals surface area contributed by atoms with Crippen LogP contribution in [0.2, 0.25) is 0 Å². The van der Waals surface area contributed by atoms with Gasteiger partial charge in [0.05, 0.1) is 11.9 Å². The Labute approximate surface area is 165 Å². The third-order valence-electron chi connectivity index (χ3n) is 5.14. The van der Waals surface area contributed by atoms with Gasteiger partial charge >= 0.3 is 0 Å². The van der Waals surface area contributed by atoms with Crippen molar-refractivity contribution in [2.24, 2.45) is 5.92 Å². The predicted molar refractivity (Wildman–Crippen MR) is 103 cm³/mol. The maximum atomic E-state index is 13.7. The van der Waals surface area contributed by atoms with Gasteiger partial charge in [-0.25, -0.2) is 23.1 Å². The lowest BCUT2D eigenvalue weighted by atomic mass is 9.92. The highest BCUT2D eigenvalue weighted by molar-refractivity contribution is 5.87. The number of anilines is 2. The molecule has 0 unspecified atom stereocenters. The van der Waals surface area contributed by atoms with Crippen LogP contribution in [0.15, 0.2) is 30.7 Å². The summed E-state index contributed by atoms with van der Waals surface area (Å²) < 4.78 is 40.3. The number of Topliss-reactive ketones (excluding diaryl/α,β-unsaturated/α-hetero) is 1. The summed E-state index contributed by atoms with van der Waals surface area (Å²) in [5, 5.41) is 3.39. The van der Waals surface area contributed by atoms with Gasteiger partial charge in [0.25, 0.3) is 0 Å². The highest BCUT2D eigenvalue weighted by Crippen LogP contribution is 2.28. The van der Waals surface area contributed by atoms with Crippen molar-refractivity contribution in [1.29, 1.82) is 0 Å². The summed E-state index contributed by atoms with van der Waals surface area (Å²) in [5.74, 6) is -2.32. The van der Waals surface area contributed by atoms with Crippen LogP contribution in [0.25, 0.3) is 11.0 Å². The van der Waals surface area contributed by atoms with E-state index in [0.717, 1.165) is 36.2 Å². The fourth-order valence-electron chi connectivity index (χ4n) is 3.83. The summed E-state index contributed by atoms with van der Waals surface area (Å²) >= 11 is 0. The zero-order valence-electron chi connectivity index (χ0n) is 15.6. The van der Waals surface area contributed by atoms with Crippen LogP contribution < -0.4 is 10.2 Å². The quantitative estimate of drug-likeness (QED) is 0.657. The van der Waals surface area contributed by atoms with Crippen LogP contribution in [0.3, 0.4) is 0 Å². The minimum atomic E-state index is -1.06. The number of ketones is 1. The molecule has 1 aliphatic rings. The van der Waals surface area contributed by atoms with Crippen molar-refractivity contribution >= 4 is 28.3 Å². The summed E-state index contributed by atoms with van der Waals surface area (Å²) in [6.45, 7) is 1.29. The number of nitrogens with one attached hydrogen (secondary N) is 2.